The molecule has 4 nitrogen and oxygen atoms in total. The molecule has 1 heterocycles. The van der Waals surface area contributed by atoms with Gasteiger partial charge in [-0.05, 0) is 31.6 Å². The molecule has 0 radical (unpaired) electrons. The highest BCUT2D eigenvalue weighted by Gasteiger charge is 2.10. The second kappa shape index (κ2) is 9.49. The van der Waals surface area contributed by atoms with E-state index in [0.29, 0.717) is 16.8 Å². The normalized spacial score (nSPS) is 9.87. The number of anilines is 3. The maximum absolute atomic E-state index is 6.18. The SMILES string of the molecule is C=C(C)Nc1ncc(Cl)c(Nc2ccccc2P(C)C)n1.CC. The molecule has 0 fully saturated rings. The maximum Gasteiger partial charge on any atom is 0.228 e. The molecule has 0 amide bonds. The quantitative estimate of drug-likeness (QED) is 0.726. The Labute approximate surface area is 145 Å². The summed E-state index contributed by atoms with van der Waals surface area (Å²) in [6.07, 6.45) is 1.57. The van der Waals surface area contributed by atoms with E-state index < -0.39 is 0 Å². The Morgan fingerprint density at radius 3 is 2.48 bits per heavy atom. The zero-order valence-corrected chi connectivity index (χ0v) is 16.0. The lowest BCUT2D eigenvalue weighted by Crippen LogP contribution is -2.09. The van der Waals surface area contributed by atoms with Gasteiger partial charge in [0.25, 0.3) is 0 Å². The van der Waals surface area contributed by atoms with Crippen LogP contribution in [-0.2, 0) is 0 Å². The Morgan fingerprint density at radius 1 is 1.22 bits per heavy atom. The van der Waals surface area contributed by atoms with Gasteiger partial charge in [-0.1, -0.05) is 58.1 Å². The van der Waals surface area contributed by atoms with Crippen LogP contribution in [-0.4, -0.2) is 23.3 Å². The van der Waals surface area contributed by atoms with Crippen molar-refractivity contribution >= 4 is 42.3 Å². The van der Waals surface area contributed by atoms with Gasteiger partial charge < -0.3 is 10.6 Å². The molecule has 1 aromatic heterocycles. The summed E-state index contributed by atoms with van der Waals surface area (Å²) in [5.74, 6) is 1.06. The van der Waals surface area contributed by atoms with E-state index in [1.54, 1.807) is 6.20 Å². The Morgan fingerprint density at radius 2 is 1.87 bits per heavy atom. The third kappa shape index (κ3) is 5.81. The molecule has 0 atom stereocenters. The van der Waals surface area contributed by atoms with Crippen LogP contribution in [0.2, 0.25) is 5.02 Å². The number of allylic oxidation sites excluding steroid dienone is 1. The number of aromatic nitrogens is 2. The van der Waals surface area contributed by atoms with E-state index in [1.807, 2.05) is 39.0 Å². The number of nitrogens with one attached hydrogen (secondary N) is 2. The van der Waals surface area contributed by atoms with Gasteiger partial charge in [0.05, 0.1) is 6.20 Å². The molecule has 2 rings (SSSR count). The van der Waals surface area contributed by atoms with Gasteiger partial charge in [0, 0.05) is 11.4 Å². The average Bonchev–Trinajstić information content (AvgIpc) is 2.52. The molecular formula is C17H24ClN4P. The van der Waals surface area contributed by atoms with E-state index >= 15 is 0 Å². The van der Waals surface area contributed by atoms with Gasteiger partial charge in [-0.3, -0.25) is 0 Å². The highest BCUT2D eigenvalue weighted by molar-refractivity contribution is 7.64. The molecular weight excluding hydrogens is 327 g/mol. The molecule has 2 N–H and O–H groups in total. The van der Waals surface area contributed by atoms with Crippen molar-refractivity contribution in [3.8, 4) is 0 Å². The summed E-state index contributed by atoms with van der Waals surface area (Å²) in [6, 6.07) is 8.18. The summed E-state index contributed by atoms with van der Waals surface area (Å²) in [7, 11) is -0.222. The minimum atomic E-state index is -0.222. The van der Waals surface area contributed by atoms with Crippen LogP contribution in [0.5, 0.6) is 0 Å². The van der Waals surface area contributed by atoms with Crippen LogP contribution in [0.3, 0.4) is 0 Å². The van der Waals surface area contributed by atoms with Crippen molar-refractivity contribution < 1.29 is 0 Å². The lowest BCUT2D eigenvalue weighted by Gasteiger charge is -2.15. The first-order valence-electron chi connectivity index (χ1n) is 7.46. The van der Waals surface area contributed by atoms with Crippen molar-refractivity contribution in [2.75, 3.05) is 24.0 Å². The van der Waals surface area contributed by atoms with Gasteiger partial charge in [0.1, 0.15) is 5.02 Å². The summed E-state index contributed by atoms with van der Waals surface area (Å²) in [5.41, 5.74) is 1.80. The van der Waals surface area contributed by atoms with E-state index in [1.165, 1.54) is 5.30 Å². The third-order valence-corrected chi connectivity index (χ3v) is 4.34. The number of nitrogens with zero attached hydrogens (tertiary/aromatic N) is 2. The maximum atomic E-state index is 6.18. The highest BCUT2D eigenvalue weighted by Crippen LogP contribution is 2.30. The second-order valence-corrected chi connectivity index (χ2v) is 7.51. The van der Waals surface area contributed by atoms with Crippen molar-refractivity contribution in [1.82, 2.24) is 9.97 Å². The first kappa shape index (κ1) is 19.4. The molecule has 2 aromatic rings. The topological polar surface area (TPSA) is 49.8 Å². The second-order valence-electron chi connectivity index (χ2n) is 4.83. The van der Waals surface area contributed by atoms with Gasteiger partial charge in [0.15, 0.2) is 5.82 Å². The molecule has 0 spiro atoms. The molecule has 0 aliphatic rings. The smallest absolute Gasteiger partial charge is 0.228 e. The van der Waals surface area contributed by atoms with Crippen molar-refractivity contribution in [1.29, 1.82) is 0 Å². The Balaban J connectivity index is 0.00000127. The van der Waals surface area contributed by atoms with Crippen LogP contribution < -0.4 is 15.9 Å². The summed E-state index contributed by atoms with van der Waals surface area (Å²) >= 11 is 6.18. The number of benzene rings is 1. The molecule has 124 valence electrons. The lowest BCUT2D eigenvalue weighted by atomic mass is 10.3. The fourth-order valence-electron chi connectivity index (χ4n) is 1.80. The van der Waals surface area contributed by atoms with Gasteiger partial charge in [-0.2, -0.15) is 4.98 Å². The Bertz CT molecular complexity index is 659. The monoisotopic (exact) mass is 350 g/mol. The largest absolute Gasteiger partial charge is 0.338 e. The van der Waals surface area contributed by atoms with Crippen LogP contribution in [0.4, 0.5) is 17.5 Å². The van der Waals surface area contributed by atoms with Crippen LogP contribution >= 0.6 is 19.5 Å². The van der Waals surface area contributed by atoms with Crippen LogP contribution in [0.15, 0.2) is 42.7 Å². The predicted molar refractivity (Wildman–Crippen MR) is 105 cm³/mol. The third-order valence-electron chi connectivity index (χ3n) is 2.71. The first-order valence-corrected chi connectivity index (χ1v) is 10.1. The van der Waals surface area contributed by atoms with Gasteiger partial charge in [-0.25, -0.2) is 4.98 Å². The number of hydrogen-bond acceptors (Lipinski definition) is 4. The number of rotatable bonds is 5. The minimum absolute atomic E-state index is 0.222. The van der Waals surface area contributed by atoms with Crippen molar-refractivity contribution in [2.45, 2.75) is 20.8 Å². The summed E-state index contributed by atoms with van der Waals surface area (Å²) < 4.78 is 0. The fraction of sp³-hybridized carbons (Fsp3) is 0.294. The molecule has 0 aliphatic carbocycles. The van der Waals surface area contributed by atoms with E-state index in [4.69, 9.17) is 11.6 Å². The molecule has 0 aliphatic heterocycles. The number of halogens is 1. The molecule has 0 saturated heterocycles. The van der Waals surface area contributed by atoms with Gasteiger partial charge in [-0.15, -0.1) is 0 Å². The van der Waals surface area contributed by atoms with Gasteiger partial charge >= 0.3 is 0 Å². The summed E-state index contributed by atoms with van der Waals surface area (Å²) in [5, 5.41) is 8.04. The zero-order chi connectivity index (χ0) is 17.4. The van der Waals surface area contributed by atoms with E-state index in [-0.39, 0.29) is 7.92 Å². The molecule has 0 unspecified atom stereocenters. The molecule has 6 heteroatoms. The van der Waals surface area contributed by atoms with Crippen molar-refractivity contribution in [2.24, 2.45) is 0 Å². The Hall–Kier alpha value is -1.64. The number of para-hydroxylation sites is 1. The molecule has 23 heavy (non-hydrogen) atoms. The standard InChI is InChI=1S/C15H18ClN4P.C2H6/c1-10(2)18-15-17-9-11(16)14(20-15)19-12-7-5-6-8-13(12)21(3)4;1-2/h5-9H,1H2,2-4H3,(H2,17,18,19,20);1-2H3. The van der Waals surface area contributed by atoms with Crippen LogP contribution in [0.25, 0.3) is 0 Å². The molecule has 0 bridgehead atoms. The first-order chi connectivity index (χ1) is 11.0. The number of hydrogen-bond donors (Lipinski definition) is 2. The molecule has 1 aromatic carbocycles. The summed E-state index contributed by atoms with van der Waals surface area (Å²) in [4.78, 5) is 8.52. The highest BCUT2D eigenvalue weighted by atomic mass is 35.5. The summed E-state index contributed by atoms with van der Waals surface area (Å²) in [6.45, 7) is 14.1. The fourth-order valence-corrected chi connectivity index (χ4v) is 2.94. The van der Waals surface area contributed by atoms with E-state index in [9.17, 15) is 0 Å². The van der Waals surface area contributed by atoms with E-state index in [0.717, 1.165) is 11.4 Å². The van der Waals surface area contributed by atoms with Gasteiger partial charge in [0.2, 0.25) is 5.95 Å². The van der Waals surface area contributed by atoms with Crippen LogP contribution in [0, 0.1) is 0 Å². The predicted octanol–water partition coefficient (Wildman–Crippen LogP) is 5.21. The Kier molecular flexibility index (Phi) is 8.01. The van der Waals surface area contributed by atoms with Crippen LogP contribution in [0.1, 0.15) is 20.8 Å². The minimum Gasteiger partial charge on any atom is -0.338 e. The zero-order valence-electron chi connectivity index (χ0n) is 14.3. The molecule has 0 saturated carbocycles. The average molecular weight is 351 g/mol. The van der Waals surface area contributed by atoms with Crippen molar-refractivity contribution in [3.63, 3.8) is 0 Å². The van der Waals surface area contributed by atoms with Crippen molar-refractivity contribution in [3.05, 3.63) is 47.8 Å². The van der Waals surface area contributed by atoms with E-state index in [2.05, 4.69) is 46.6 Å². The lowest BCUT2D eigenvalue weighted by molar-refractivity contribution is 1.14.